The first-order chi connectivity index (χ1) is 19.2. The van der Waals surface area contributed by atoms with E-state index < -0.39 is 0 Å². The zero-order chi connectivity index (χ0) is 26.2. The molecule has 0 saturated carbocycles. The number of anilines is 1. The summed E-state index contributed by atoms with van der Waals surface area (Å²) >= 11 is 0. The van der Waals surface area contributed by atoms with Gasteiger partial charge in [0.05, 0.1) is 47.7 Å². The number of pyridine rings is 1. The number of para-hydroxylation sites is 1. The van der Waals surface area contributed by atoms with Crippen LogP contribution in [0, 0.1) is 0 Å². The molecule has 10 nitrogen and oxygen atoms in total. The lowest BCUT2D eigenvalue weighted by molar-refractivity contribution is 0.123. The molecule has 0 unspecified atom stereocenters. The van der Waals surface area contributed by atoms with Gasteiger partial charge in [-0.3, -0.25) is 0 Å². The van der Waals surface area contributed by atoms with E-state index in [2.05, 4.69) is 27.1 Å². The van der Waals surface area contributed by atoms with Crippen molar-refractivity contribution >= 4 is 34.4 Å². The number of aromatic hydroxyl groups is 1. The van der Waals surface area contributed by atoms with Crippen LogP contribution in [0.2, 0.25) is 0 Å². The predicted molar refractivity (Wildman–Crippen MR) is 149 cm³/mol. The van der Waals surface area contributed by atoms with Crippen molar-refractivity contribution in [3.8, 4) is 23.0 Å². The number of morpholine rings is 1. The Morgan fingerprint density at radius 2 is 1.72 bits per heavy atom. The van der Waals surface area contributed by atoms with Crippen LogP contribution in [-0.2, 0) is 4.74 Å². The lowest BCUT2D eigenvalue weighted by atomic mass is 10.1. The van der Waals surface area contributed by atoms with E-state index in [0.29, 0.717) is 13.2 Å². The van der Waals surface area contributed by atoms with Crippen LogP contribution >= 0.6 is 0 Å². The Kier molecular flexibility index (Phi) is 5.71. The molecule has 4 aromatic heterocycles. The summed E-state index contributed by atoms with van der Waals surface area (Å²) in [6.07, 6.45) is 7.26. The second-order valence-electron chi connectivity index (χ2n) is 9.20. The van der Waals surface area contributed by atoms with Crippen molar-refractivity contribution in [1.29, 1.82) is 0 Å². The van der Waals surface area contributed by atoms with Gasteiger partial charge in [-0.1, -0.05) is 36.4 Å². The van der Waals surface area contributed by atoms with Crippen LogP contribution in [0.5, 0.6) is 6.01 Å². The Hall–Kier alpha value is -5.09. The average Bonchev–Trinajstić information content (AvgIpc) is 3.60. The van der Waals surface area contributed by atoms with E-state index in [1.807, 2.05) is 77.5 Å². The van der Waals surface area contributed by atoms with Crippen LogP contribution in [0.3, 0.4) is 0 Å². The maximum Gasteiger partial charge on any atom is 0.333 e. The summed E-state index contributed by atoms with van der Waals surface area (Å²) in [5.41, 5.74) is 6.96. The number of hydrogen-bond acceptors (Lipinski definition) is 8. The van der Waals surface area contributed by atoms with E-state index in [4.69, 9.17) is 19.8 Å². The summed E-state index contributed by atoms with van der Waals surface area (Å²) in [5.74, 6) is 0. The van der Waals surface area contributed by atoms with Gasteiger partial charge in [-0.2, -0.15) is 10.1 Å². The molecule has 10 heteroatoms. The molecule has 0 amide bonds. The molecule has 6 aromatic rings. The Morgan fingerprint density at radius 1 is 0.872 bits per heavy atom. The van der Waals surface area contributed by atoms with E-state index in [1.165, 1.54) is 11.0 Å². The highest BCUT2D eigenvalue weighted by Gasteiger charge is 2.20. The average molecular weight is 517 g/mol. The molecule has 1 N–H and O–H groups in total. The Morgan fingerprint density at radius 3 is 2.54 bits per heavy atom. The maximum atomic E-state index is 9.53. The lowest BCUT2D eigenvalue weighted by Gasteiger charge is -2.28. The molecule has 0 aliphatic carbocycles. The molecule has 1 fully saturated rings. The SMILES string of the molecule is Oc1ncn(-c2ccc(-c3c(C=Cc4ccc5ccccc5n4)nc4c(N5CCOCC5)ccnn34)cc2)n1. The van der Waals surface area contributed by atoms with E-state index in [-0.39, 0.29) is 6.01 Å². The number of ether oxygens (including phenoxy) is 1. The number of fused-ring (bicyclic) bond motifs is 2. The third-order valence-electron chi connectivity index (χ3n) is 6.79. The van der Waals surface area contributed by atoms with Crippen LogP contribution < -0.4 is 4.90 Å². The van der Waals surface area contributed by atoms with E-state index in [1.54, 1.807) is 0 Å². The second-order valence-corrected chi connectivity index (χ2v) is 9.20. The van der Waals surface area contributed by atoms with Crippen LogP contribution in [0.4, 0.5) is 5.69 Å². The van der Waals surface area contributed by atoms with Gasteiger partial charge < -0.3 is 14.7 Å². The normalized spacial score (nSPS) is 14.1. The lowest BCUT2D eigenvalue weighted by Crippen LogP contribution is -2.36. The summed E-state index contributed by atoms with van der Waals surface area (Å²) < 4.78 is 8.99. The van der Waals surface area contributed by atoms with Gasteiger partial charge in [0.1, 0.15) is 12.0 Å². The standard InChI is InChI=1S/C29H24N8O2/c38-29-30-19-36(34-29)23-10-6-21(7-11-23)27-25(12-9-22-8-5-20-3-1-2-4-24(20)32-22)33-28-26(13-14-31-37(27)28)35-15-17-39-18-16-35/h1-14,19H,15-18H2,(H,34,38). The molecule has 39 heavy (non-hydrogen) atoms. The molecule has 192 valence electrons. The first-order valence-corrected chi connectivity index (χ1v) is 12.7. The minimum Gasteiger partial charge on any atom is -0.478 e. The molecule has 1 aliphatic rings. The Balaban J connectivity index is 1.34. The maximum absolute atomic E-state index is 9.53. The third-order valence-corrected chi connectivity index (χ3v) is 6.79. The molecule has 5 heterocycles. The number of nitrogens with zero attached hydrogens (tertiary/aromatic N) is 8. The molecule has 2 aromatic carbocycles. The van der Waals surface area contributed by atoms with Crippen molar-refractivity contribution in [3.05, 3.63) is 90.6 Å². The van der Waals surface area contributed by atoms with Gasteiger partial charge in [0.25, 0.3) is 0 Å². The topological polar surface area (TPSA) is 106 Å². The molecule has 1 aliphatic heterocycles. The highest BCUT2D eigenvalue weighted by molar-refractivity contribution is 5.84. The minimum absolute atomic E-state index is 0.268. The zero-order valence-electron chi connectivity index (χ0n) is 20.9. The predicted octanol–water partition coefficient (Wildman–Crippen LogP) is 4.24. The van der Waals surface area contributed by atoms with Gasteiger partial charge in [0.2, 0.25) is 0 Å². The summed E-state index contributed by atoms with van der Waals surface area (Å²) in [4.78, 5) is 15.9. The molecule has 7 rings (SSSR count). The quantitative estimate of drug-likeness (QED) is 0.363. The minimum atomic E-state index is -0.268. The van der Waals surface area contributed by atoms with Crippen molar-refractivity contribution in [3.63, 3.8) is 0 Å². The highest BCUT2D eigenvalue weighted by atomic mass is 16.5. The molecular weight excluding hydrogens is 492 g/mol. The second kappa shape index (κ2) is 9.66. The van der Waals surface area contributed by atoms with Gasteiger partial charge >= 0.3 is 6.01 Å². The van der Waals surface area contributed by atoms with Crippen molar-refractivity contribution in [1.82, 2.24) is 34.3 Å². The fraction of sp³-hybridized carbons (Fsp3) is 0.138. The summed E-state index contributed by atoms with van der Waals surface area (Å²) in [7, 11) is 0. The van der Waals surface area contributed by atoms with Gasteiger partial charge in [-0.05, 0) is 42.5 Å². The van der Waals surface area contributed by atoms with Crippen molar-refractivity contribution in [2.24, 2.45) is 0 Å². The third kappa shape index (κ3) is 4.36. The van der Waals surface area contributed by atoms with Crippen LogP contribution in [0.15, 0.2) is 79.3 Å². The Labute approximate surface area is 223 Å². The number of rotatable bonds is 5. The molecule has 1 saturated heterocycles. The van der Waals surface area contributed by atoms with Gasteiger partial charge in [0, 0.05) is 24.0 Å². The van der Waals surface area contributed by atoms with Gasteiger partial charge in [-0.25, -0.2) is 19.2 Å². The van der Waals surface area contributed by atoms with Crippen LogP contribution in [-0.4, -0.2) is 65.8 Å². The first kappa shape index (κ1) is 23.1. The van der Waals surface area contributed by atoms with Gasteiger partial charge in [-0.15, -0.1) is 5.10 Å². The van der Waals surface area contributed by atoms with E-state index in [0.717, 1.165) is 63.7 Å². The molecule has 0 spiro atoms. The molecule has 0 bridgehead atoms. The van der Waals surface area contributed by atoms with Crippen LogP contribution in [0.25, 0.3) is 45.6 Å². The number of aromatic nitrogens is 7. The van der Waals surface area contributed by atoms with Crippen LogP contribution in [0.1, 0.15) is 11.4 Å². The first-order valence-electron chi connectivity index (χ1n) is 12.7. The molecule has 0 atom stereocenters. The fourth-order valence-corrected chi connectivity index (χ4v) is 4.88. The monoisotopic (exact) mass is 516 g/mol. The zero-order valence-corrected chi connectivity index (χ0v) is 20.9. The number of benzene rings is 2. The van der Waals surface area contributed by atoms with Crippen molar-refractivity contribution in [2.45, 2.75) is 0 Å². The summed E-state index contributed by atoms with van der Waals surface area (Å²) in [6.45, 7) is 2.96. The summed E-state index contributed by atoms with van der Waals surface area (Å²) in [5, 5.41) is 19.3. The molecule has 0 radical (unpaired) electrons. The highest BCUT2D eigenvalue weighted by Crippen LogP contribution is 2.31. The largest absolute Gasteiger partial charge is 0.478 e. The Bertz CT molecular complexity index is 1820. The van der Waals surface area contributed by atoms with Gasteiger partial charge in [0.15, 0.2) is 5.65 Å². The smallest absolute Gasteiger partial charge is 0.333 e. The number of imidazole rings is 1. The van der Waals surface area contributed by atoms with Crippen molar-refractivity contribution in [2.75, 3.05) is 31.2 Å². The fourth-order valence-electron chi connectivity index (χ4n) is 4.88. The number of hydrogen-bond donors (Lipinski definition) is 1. The van der Waals surface area contributed by atoms with Crippen molar-refractivity contribution < 1.29 is 9.84 Å². The van der Waals surface area contributed by atoms with E-state index in [9.17, 15) is 5.11 Å². The molecular formula is C29H24N8O2. The van der Waals surface area contributed by atoms with E-state index >= 15 is 0 Å². The summed E-state index contributed by atoms with van der Waals surface area (Å²) in [6, 6.07) is 21.7.